The van der Waals surface area contributed by atoms with Crippen molar-refractivity contribution >= 4 is 0 Å². The standard InChI is InChI=1S/C12H28N2/c1-5-9-13-10-7-8-11-14(4)12(3)6-2/h12-13H,5-11H2,1-4H3. The first-order valence-electron chi connectivity index (χ1n) is 6.13. The fourth-order valence-electron chi connectivity index (χ4n) is 1.45. The molecule has 0 amide bonds. The monoisotopic (exact) mass is 200 g/mol. The molecule has 86 valence electrons. The van der Waals surface area contributed by atoms with Crippen LogP contribution in [0.5, 0.6) is 0 Å². The van der Waals surface area contributed by atoms with Gasteiger partial charge in [-0.3, -0.25) is 0 Å². The van der Waals surface area contributed by atoms with Gasteiger partial charge in [0.25, 0.3) is 0 Å². The predicted octanol–water partition coefficient (Wildman–Crippen LogP) is 2.50. The van der Waals surface area contributed by atoms with Crippen molar-refractivity contribution in [1.82, 2.24) is 10.2 Å². The fraction of sp³-hybridized carbons (Fsp3) is 1.00. The van der Waals surface area contributed by atoms with Crippen molar-refractivity contribution < 1.29 is 0 Å². The van der Waals surface area contributed by atoms with E-state index >= 15 is 0 Å². The average Bonchev–Trinajstić information content (AvgIpc) is 2.21. The van der Waals surface area contributed by atoms with E-state index < -0.39 is 0 Å². The smallest absolute Gasteiger partial charge is 0.00612 e. The minimum atomic E-state index is 0.735. The Balaban J connectivity index is 3.18. The largest absolute Gasteiger partial charge is 0.317 e. The van der Waals surface area contributed by atoms with Crippen molar-refractivity contribution in [2.75, 3.05) is 26.7 Å². The van der Waals surface area contributed by atoms with Gasteiger partial charge in [0.1, 0.15) is 0 Å². The van der Waals surface area contributed by atoms with Gasteiger partial charge in [-0.15, -0.1) is 0 Å². The lowest BCUT2D eigenvalue weighted by atomic mass is 10.2. The highest BCUT2D eigenvalue weighted by molar-refractivity contribution is 4.61. The molecule has 1 atom stereocenters. The molecule has 0 aromatic rings. The van der Waals surface area contributed by atoms with Crippen LogP contribution in [0, 0.1) is 0 Å². The molecule has 0 rings (SSSR count). The van der Waals surface area contributed by atoms with Gasteiger partial charge in [0, 0.05) is 6.04 Å². The summed E-state index contributed by atoms with van der Waals surface area (Å²) in [6.07, 6.45) is 5.12. The highest BCUT2D eigenvalue weighted by Crippen LogP contribution is 2.01. The van der Waals surface area contributed by atoms with E-state index in [1.54, 1.807) is 0 Å². The Morgan fingerprint density at radius 3 is 2.43 bits per heavy atom. The van der Waals surface area contributed by atoms with Crippen LogP contribution >= 0.6 is 0 Å². The topological polar surface area (TPSA) is 15.3 Å². The molecule has 2 heteroatoms. The Morgan fingerprint density at radius 1 is 1.14 bits per heavy atom. The molecule has 0 spiro atoms. The predicted molar refractivity (Wildman–Crippen MR) is 64.8 cm³/mol. The molecule has 1 unspecified atom stereocenters. The minimum absolute atomic E-state index is 0.735. The van der Waals surface area contributed by atoms with Crippen molar-refractivity contribution in [3.63, 3.8) is 0 Å². The Labute approximate surface area is 90.1 Å². The molecule has 0 aromatic carbocycles. The third kappa shape index (κ3) is 7.34. The van der Waals surface area contributed by atoms with Crippen molar-refractivity contribution in [1.29, 1.82) is 0 Å². The van der Waals surface area contributed by atoms with Crippen LogP contribution in [0.25, 0.3) is 0 Å². The second-order valence-electron chi connectivity index (χ2n) is 4.19. The minimum Gasteiger partial charge on any atom is -0.317 e. The maximum atomic E-state index is 3.43. The third-order valence-corrected chi connectivity index (χ3v) is 2.88. The van der Waals surface area contributed by atoms with Crippen LogP contribution in [-0.4, -0.2) is 37.6 Å². The summed E-state index contributed by atoms with van der Waals surface area (Å²) in [5, 5.41) is 3.43. The first kappa shape index (κ1) is 13.9. The lowest BCUT2D eigenvalue weighted by Gasteiger charge is -2.23. The molecule has 0 saturated heterocycles. The lowest BCUT2D eigenvalue weighted by molar-refractivity contribution is 0.247. The van der Waals surface area contributed by atoms with E-state index in [0.29, 0.717) is 0 Å². The van der Waals surface area contributed by atoms with Gasteiger partial charge >= 0.3 is 0 Å². The summed E-state index contributed by atoms with van der Waals surface area (Å²) in [5.41, 5.74) is 0. The van der Waals surface area contributed by atoms with E-state index in [1.165, 1.54) is 45.3 Å². The van der Waals surface area contributed by atoms with Crippen LogP contribution in [-0.2, 0) is 0 Å². The van der Waals surface area contributed by atoms with Crippen LogP contribution in [0.1, 0.15) is 46.5 Å². The molecule has 14 heavy (non-hydrogen) atoms. The average molecular weight is 200 g/mol. The SMILES string of the molecule is CCCNCCCCN(C)C(C)CC. The quantitative estimate of drug-likeness (QED) is 0.575. The molecule has 2 nitrogen and oxygen atoms in total. The maximum Gasteiger partial charge on any atom is 0.00612 e. The van der Waals surface area contributed by atoms with Crippen molar-refractivity contribution in [3.8, 4) is 0 Å². The number of hydrogen-bond donors (Lipinski definition) is 1. The third-order valence-electron chi connectivity index (χ3n) is 2.88. The summed E-state index contributed by atoms with van der Waals surface area (Å²) in [4.78, 5) is 2.46. The fourth-order valence-corrected chi connectivity index (χ4v) is 1.45. The van der Waals surface area contributed by atoms with Gasteiger partial charge in [0.15, 0.2) is 0 Å². The van der Waals surface area contributed by atoms with Crippen molar-refractivity contribution in [3.05, 3.63) is 0 Å². The van der Waals surface area contributed by atoms with E-state index in [4.69, 9.17) is 0 Å². The zero-order valence-electron chi connectivity index (χ0n) is 10.5. The van der Waals surface area contributed by atoms with Gasteiger partial charge in [-0.2, -0.15) is 0 Å². The first-order chi connectivity index (χ1) is 6.72. The van der Waals surface area contributed by atoms with Gasteiger partial charge in [-0.05, 0) is 59.3 Å². The summed E-state index contributed by atoms with van der Waals surface area (Å²) < 4.78 is 0. The van der Waals surface area contributed by atoms with E-state index in [1.807, 2.05) is 0 Å². The Hall–Kier alpha value is -0.0800. The summed E-state index contributed by atoms with van der Waals surface area (Å²) in [6.45, 7) is 10.4. The molecule has 0 aliphatic carbocycles. The number of hydrogen-bond acceptors (Lipinski definition) is 2. The second-order valence-corrected chi connectivity index (χ2v) is 4.19. The number of unbranched alkanes of at least 4 members (excludes halogenated alkanes) is 1. The molecule has 0 aromatic heterocycles. The van der Waals surface area contributed by atoms with E-state index in [2.05, 4.69) is 38.0 Å². The zero-order chi connectivity index (χ0) is 10.8. The van der Waals surface area contributed by atoms with Crippen LogP contribution in [0.2, 0.25) is 0 Å². The van der Waals surface area contributed by atoms with E-state index in [0.717, 1.165) is 6.04 Å². The van der Waals surface area contributed by atoms with Crippen molar-refractivity contribution in [2.45, 2.75) is 52.5 Å². The molecular formula is C12H28N2. The van der Waals surface area contributed by atoms with Crippen LogP contribution < -0.4 is 5.32 Å². The molecule has 0 fully saturated rings. The zero-order valence-corrected chi connectivity index (χ0v) is 10.5. The van der Waals surface area contributed by atoms with Gasteiger partial charge in [-0.25, -0.2) is 0 Å². The van der Waals surface area contributed by atoms with Crippen LogP contribution in [0.15, 0.2) is 0 Å². The first-order valence-corrected chi connectivity index (χ1v) is 6.13. The second kappa shape index (κ2) is 9.47. The molecule has 0 bridgehead atoms. The number of nitrogens with zero attached hydrogens (tertiary/aromatic N) is 1. The molecule has 0 saturated carbocycles. The highest BCUT2D eigenvalue weighted by Gasteiger charge is 2.04. The molecular weight excluding hydrogens is 172 g/mol. The molecule has 0 aliphatic rings. The number of nitrogens with one attached hydrogen (secondary N) is 1. The Bertz CT molecular complexity index is 115. The summed E-state index contributed by atoms with van der Waals surface area (Å²) in [5.74, 6) is 0. The van der Waals surface area contributed by atoms with E-state index in [-0.39, 0.29) is 0 Å². The Morgan fingerprint density at radius 2 is 1.86 bits per heavy atom. The lowest BCUT2D eigenvalue weighted by Crippen LogP contribution is -2.29. The van der Waals surface area contributed by atoms with Crippen LogP contribution in [0.4, 0.5) is 0 Å². The van der Waals surface area contributed by atoms with Crippen LogP contribution in [0.3, 0.4) is 0 Å². The Kier molecular flexibility index (Phi) is 9.42. The molecule has 0 aliphatic heterocycles. The summed E-state index contributed by atoms with van der Waals surface area (Å²) >= 11 is 0. The summed E-state index contributed by atoms with van der Waals surface area (Å²) in [6, 6.07) is 0.735. The molecule has 1 N–H and O–H groups in total. The molecule has 0 heterocycles. The number of rotatable bonds is 9. The highest BCUT2D eigenvalue weighted by atomic mass is 15.1. The van der Waals surface area contributed by atoms with Crippen molar-refractivity contribution in [2.24, 2.45) is 0 Å². The normalized spacial score (nSPS) is 13.5. The van der Waals surface area contributed by atoms with E-state index in [9.17, 15) is 0 Å². The maximum absolute atomic E-state index is 3.43. The van der Waals surface area contributed by atoms with Gasteiger partial charge < -0.3 is 10.2 Å². The van der Waals surface area contributed by atoms with Gasteiger partial charge in [0.05, 0.1) is 0 Å². The van der Waals surface area contributed by atoms with Gasteiger partial charge in [0.2, 0.25) is 0 Å². The summed E-state index contributed by atoms with van der Waals surface area (Å²) in [7, 11) is 2.23. The molecule has 0 radical (unpaired) electrons. The van der Waals surface area contributed by atoms with Gasteiger partial charge in [-0.1, -0.05) is 13.8 Å².